The van der Waals surface area contributed by atoms with E-state index in [2.05, 4.69) is 0 Å². The highest BCUT2D eigenvalue weighted by molar-refractivity contribution is 6.59. The lowest BCUT2D eigenvalue weighted by Gasteiger charge is -2.05. The quantitative estimate of drug-likeness (QED) is 0.495. The summed E-state index contributed by atoms with van der Waals surface area (Å²) < 4.78 is 12.6. The van der Waals surface area contributed by atoms with Gasteiger partial charge in [0.2, 0.25) is 0 Å². The van der Waals surface area contributed by atoms with Gasteiger partial charge in [0.05, 0.1) is 0 Å². The normalized spacial score (nSPS) is 10.0. The minimum Gasteiger partial charge on any atom is -0.423 e. The van der Waals surface area contributed by atoms with Gasteiger partial charge >= 0.3 is 7.12 Å². The van der Waals surface area contributed by atoms with Crippen molar-refractivity contribution in [2.24, 2.45) is 5.73 Å². The van der Waals surface area contributed by atoms with E-state index in [1.807, 2.05) is 0 Å². The second-order valence-corrected chi connectivity index (χ2v) is 2.42. The third-order valence-corrected chi connectivity index (χ3v) is 1.61. The first-order chi connectivity index (χ1) is 5.65. The number of rotatable bonds is 2. The summed E-state index contributed by atoms with van der Waals surface area (Å²) in [5.74, 6) is -0.504. The van der Waals surface area contributed by atoms with E-state index in [0.29, 0.717) is 5.56 Å². The van der Waals surface area contributed by atoms with Gasteiger partial charge in [-0.25, -0.2) is 4.39 Å². The van der Waals surface area contributed by atoms with E-state index in [0.717, 1.165) is 6.07 Å². The Balaban J connectivity index is 3.12. The first-order valence-corrected chi connectivity index (χ1v) is 3.49. The highest BCUT2D eigenvalue weighted by atomic mass is 19.1. The van der Waals surface area contributed by atoms with Crippen LogP contribution in [-0.2, 0) is 6.54 Å². The number of benzene rings is 1. The van der Waals surface area contributed by atoms with Crippen LogP contribution in [-0.4, -0.2) is 17.2 Å². The maximum Gasteiger partial charge on any atom is 0.488 e. The highest BCUT2D eigenvalue weighted by Crippen LogP contribution is 1.99. The van der Waals surface area contributed by atoms with Crippen LogP contribution < -0.4 is 11.2 Å². The fourth-order valence-electron chi connectivity index (χ4n) is 0.992. The largest absolute Gasteiger partial charge is 0.488 e. The molecule has 1 rings (SSSR count). The molecule has 1 aromatic carbocycles. The van der Waals surface area contributed by atoms with Crippen LogP contribution in [0, 0.1) is 5.82 Å². The Hall–Kier alpha value is -0.905. The average molecular weight is 169 g/mol. The molecule has 5 heteroatoms. The molecule has 0 saturated heterocycles. The zero-order chi connectivity index (χ0) is 9.14. The van der Waals surface area contributed by atoms with E-state index < -0.39 is 12.9 Å². The molecule has 0 aliphatic rings. The fourth-order valence-corrected chi connectivity index (χ4v) is 0.992. The number of nitrogens with two attached hydrogens (primary N) is 1. The Morgan fingerprint density at radius 3 is 2.58 bits per heavy atom. The number of halogens is 1. The van der Waals surface area contributed by atoms with Crippen LogP contribution in [0.25, 0.3) is 0 Å². The van der Waals surface area contributed by atoms with Crippen molar-refractivity contribution in [2.75, 3.05) is 0 Å². The molecule has 0 amide bonds. The summed E-state index contributed by atoms with van der Waals surface area (Å²) in [5, 5.41) is 17.6. The predicted octanol–water partition coefficient (Wildman–Crippen LogP) is -1.04. The lowest BCUT2D eigenvalue weighted by atomic mass is 9.77. The van der Waals surface area contributed by atoms with Gasteiger partial charge in [0.15, 0.2) is 0 Å². The first kappa shape index (κ1) is 9.19. The Morgan fingerprint density at radius 2 is 2.08 bits per heavy atom. The molecule has 0 aliphatic heterocycles. The van der Waals surface area contributed by atoms with Gasteiger partial charge in [-0.2, -0.15) is 0 Å². The maximum absolute atomic E-state index is 12.6. The molecule has 0 radical (unpaired) electrons. The molecule has 0 aliphatic carbocycles. The molecular formula is C7H9BFNO2. The third kappa shape index (κ3) is 1.82. The van der Waals surface area contributed by atoms with Gasteiger partial charge in [0.1, 0.15) is 5.82 Å². The van der Waals surface area contributed by atoms with Crippen LogP contribution >= 0.6 is 0 Å². The predicted molar refractivity (Wildman–Crippen MR) is 44.1 cm³/mol. The van der Waals surface area contributed by atoms with Crippen LogP contribution in [0.2, 0.25) is 0 Å². The summed E-state index contributed by atoms with van der Waals surface area (Å²) in [6.07, 6.45) is 0. The minimum absolute atomic E-state index is 0.123. The van der Waals surface area contributed by atoms with Crippen molar-refractivity contribution in [1.82, 2.24) is 0 Å². The van der Waals surface area contributed by atoms with E-state index in [1.165, 1.54) is 12.1 Å². The van der Waals surface area contributed by atoms with Gasteiger partial charge in [-0.15, -0.1) is 0 Å². The molecule has 0 atom stereocenters. The molecule has 0 bridgehead atoms. The molecule has 0 saturated carbocycles. The summed E-state index contributed by atoms with van der Waals surface area (Å²) in [5.41, 5.74) is 5.95. The van der Waals surface area contributed by atoms with Crippen LogP contribution in [0.1, 0.15) is 5.56 Å². The summed E-state index contributed by atoms with van der Waals surface area (Å²) in [4.78, 5) is 0. The smallest absolute Gasteiger partial charge is 0.423 e. The molecule has 1 aromatic rings. The van der Waals surface area contributed by atoms with Crippen molar-refractivity contribution in [3.63, 3.8) is 0 Å². The van der Waals surface area contributed by atoms with Crippen molar-refractivity contribution in [1.29, 1.82) is 0 Å². The summed E-state index contributed by atoms with van der Waals surface area (Å²) in [6.45, 7) is 0.160. The van der Waals surface area contributed by atoms with E-state index in [9.17, 15) is 4.39 Å². The zero-order valence-electron chi connectivity index (χ0n) is 6.37. The first-order valence-electron chi connectivity index (χ1n) is 3.49. The van der Waals surface area contributed by atoms with Crippen molar-refractivity contribution in [3.8, 4) is 0 Å². The van der Waals surface area contributed by atoms with Crippen LogP contribution in [0.3, 0.4) is 0 Å². The molecule has 0 unspecified atom stereocenters. The van der Waals surface area contributed by atoms with Gasteiger partial charge in [-0.05, 0) is 23.2 Å². The second kappa shape index (κ2) is 3.66. The summed E-state index contributed by atoms with van der Waals surface area (Å²) in [7, 11) is -1.67. The highest BCUT2D eigenvalue weighted by Gasteiger charge is 2.15. The van der Waals surface area contributed by atoms with Crippen molar-refractivity contribution in [3.05, 3.63) is 29.6 Å². The fraction of sp³-hybridized carbons (Fsp3) is 0.143. The molecule has 4 N–H and O–H groups in total. The van der Waals surface area contributed by atoms with E-state index in [4.69, 9.17) is 15.8 Å². The van der Waals surface area contributed by atoms with E-state index in [-0.39, 0.29) is 12.0 Å². The lowest BCUT2D eigenvalue weighted by molar-refractivity contribution is 0.425. The summed E-state index contributed by atoms with van der Waals surface area (Å²) >= 11 is 0. The molecule has 64 valence electrons. The molecule has 0 heterocycles. The molecule has 12 heavy (non-hydrogen) atoms. The Bertz CT molecular complexity index is 280. The average Bonchev–Trinajstić information content (AvgIpc) is 2.04. The molecular weight excluding hydrogens is 160 g/mol. The zero-order valence-corrected chi connectivity index (χ0v) is 6.37. The van der Waals surface area contributed by atoms with Crippen molar-refractivity contribution < 1.29 is 14.4 Å². The van der Waals surface area contributed by atoms with E-state index >= 15 is 0 Å². The van der Waals surface area contributed by atoms with Gasteiger partial charge < -0.3 is 15.8 Å². The Kier molecular flexibility index (Phi) is 2.81. The molecule has 3 nitrogen and oxygen atoms in total. The standard InChI is InChI=1S/C7H9BFNO2/c9-6-2-1-5(4-10)7(3-6)8(11)12/h1-3,11-12H,4,10H2. The Morgan fingerprint density at radius 1 is 1.42 bits per heavy atom. The van der Waals surface area contributed by atoms with Crippen molar-refractivity contribution >= 4 is 12.6 Å². The maximum atomic E-state index is 12.6. The van der Waals surface area contributed by atoms with Gasteiger partial charge in [0.25, 0.3) is 0 Å². The van der Waals surface area contributed by atoms with Crippen LogP contribution in [0.15, 0.2) is 18.2 Å². The number of hydrogen-bond donors (Lipinski definition) is 3. The van der Waals surface area contributed by atoms with E-state index in [1.54, 1.807) is 0 Å². The topological polar surface area (TPSA) is 66.5 Å². The van der Waals surface area contributed by atoms with Crippen LogP contribution in [0.5, 0.6) is 0 Å². The minimum atomic E-state index is -1.67. The molecule has 0 fully saturated rings. The Labute approximate surface area is 69.8 Å². The van der Waals surface area contributed by atoms with Gasteiger partial charge in [-0.1, -0.05) is 6.07 Å². The SMILES string of the molecule is NCc1ccc(F)cc1B(O)O. The molecule has 0 aromatic heterocycles. The van der Waals surface area contributed by atoms with Gasteiger partial charge in [0, 0.05) is 6.54 Å². The summed E-state index contributed by atoms with van der Waals surface area (Å²) in [6, 6.07) is 3.73. The number of hydrogen-bond acceptors (Lipinski definition) is 3. The lowest BCUT2D eigenvalue weighted by Crippen LogP contribution is -2.34. The van der Waals surface area contributed by atoms with Gasteiger partial charge in [-0.3, -0.25) is 0 Å². The van der Waals surface area contributed by atoms with Crippen LogP contribution in [0.4, 0.5) is 4.39 Å². The van der Waals surface area contributed by atoms with Crippen molar-refractivity contribution in [2.45, 2.75) is 6.54 Å². The monoisotopic (exact) mass is 169 g/mol. The third-order valence-electron chi connectivity index (χ3n) is 1.61. The molecule has 0 spiro atoms. The second-order valence-electron chi connectivity index (χ2n) is 2.42.